The van der Waals surface area contributed by atoms with Gasteiger partial charge in [0.05, 0.1) is 0 Å². The quantitative estimate of drug-likeness (QED) is 0.659. The van der Waals surface area contributed by atoms with Gasteiger partial charge in [0.25, 0.3) is 11.8 Å². The van der Waals surface area contributed by atoms with E-state index in [0.717, 1.165) is 11.1 Å². The molecule has 4 aliphatic carbocycles. The molecule has 34 heavy (non-hydrogen) atoms. The van der Waals surface area contributed by atoms with E-state index >= 15 is 0 Å². The number of rotatable bonds is 4. The highest BCUT2D eigenvalue weighted by Gasteiger charge is 2.66. The first kappa shape index (κ1) is 22.8. The van der Waals surface area contributed by atoms with Crippen LogP contribution in [0.1, 0.15) is 75.1 Å². The Labute approximate surface area is 200 Å². The highest BCUT2D eigenvalue weighted by molar-refractivity contribution is 6.04. The predicted octanol–water partition coefficient (Wildman–Crippen LogP) is 4.18. The number of fused-ring (bicyclic) bond motifs is 2. The largest absolute Gasteiger partial charge is 0.326 e. The van der Waals surface area contributed by atoms with Gasteiger partial charge in [-0.1, -0.05) is 27.7 Å². The summed E-state index contributed by atoms with van der Waals surface area (Å²) in [7, 11) is 0. The molecule has 0 saturated heterocycles. The monoisotopic (exact) mass is 460 g/mol. The molecule has 178 valence electrons. The Morgan fingerprint density at radius 3 is 1.32 bits per heavy atom. The van der Waals surface area contributed by atoms with Crippen molar-refractivity contribution in [3.8, 4) is 0 Å². The minimum atomic E-state index is -0.302. The molecular weight excluding hydrogens is 428 g/mol. The highest BCUT2D eigenvalue weighted by Crippen LogP contribution is 2.68. The van der Waals surface area contributed by atoms with E-state index < -0.39 is 0 Å². The summed E-state index contributed by atoms with van der Waals surface area (Å²) in [6.45, 7) is 12.2. The molecule has 4 atom stereocenters. The van der Waals surface area contributed by atoms with Crippen LogP contribution in [-0.4, -0.2) is 23.4 Å². The second-order valence-electron chi connectivity index (χ2n) is 11.6. The first-order valence-electron chi connectivity index (χ1n) is 12.1. The number of carbonyl (C=O) groups excluding carboxylic acids is 4. The molecule has 0 aliphatic heterocycles. The number of amides is 2. The molecule has 0 aromatic heterocycles. The van der Waals surface area contributed by atoms with Crippen LogP contribution in [0.25, 0.3) is 0 Å². The van der Waals surface area contributed by atoms with E-state index in [4.69, 9.17) is 0 Å². The lowest BCUT2D eigenvalue weighted by atomic mass is 9.95. The van der Waals surface area contributed by atoms with Gasteiger partial charge in [-0.3, -0.25) is 19.2 Å². The van der Waals surface area contributed by atoms with Crippen molar-refractivity contribution in [2.75, 3.05) is 0 Å². The van der Waals surface area contributed by atoms with Crippen LogP contribution in [0.4, 0.5) is 0 Å². The van der Waals surface area contributed by atoms with Crippen molar-refractivity contribution in [2.24, 2.45) is 34.5 Å². The number of Topliss-reactive ketones (excluding diaryl/α,β-unsaturated/α-hetero) is 2. The third-order valence-corrected chi connectivity index (χ3v) is 8.95. The van der Waals surface area contributed by atoms with E-state index in [0.29, 0.717) is 47.2 Å². The standard InChI is InChI=1S/C28H32N2O4/c1-13(21-19(31)11-17-23(21)27(17,3)4)29-25(33)15-7-9-16(10-8-15)26(34)30-14(2)22-20(32)12-18-24(22)28(18,5)6/h7-10,17-18,23-24H,11-12H2,1-6H3,(H,29,33)(H,30,34)/b21-13+,22-14+. The second kappa shape index (κ2) is 7.24. The molecule has 0 heterocycles. The molecular formula is C28H32N2O4. The van der Waals surface area contributed by atoms with Crippen LogP contribution in [0.5, 0.6) is 0 Å². The van der Waals surface area contributed by atoms with Crippen LogP contribution in [0, 0.1) is 34.5 Å². The highest BCUT2D eigenvalue weighted by atomic mass is 16.2. The summed E-state index contributed by atoms with van der Waals surface area (Å²) in [5.41, 5.74) is 3.83. The Hall–Kier alpha value is -3.02. The molecule has 6 heteroatoms. The minimum Gasteiger partial charge on any atom is -0.326 e. The van der Waals surface area contributed by atoms with Crippen molar-refractivity contribution in [2.45, 2.75) is 54.4 Å². The number of hydrogen-bond donors (Lipinski definition) is 2. The summed E-state index contributed by atoms with van der Waals surface area (Å²) in [6.07, 6.45) is 1.12. The molecule has 5 rings (SSSR count). The average Bonchev–Trinajstić information content (AvgIpc) is 3.27. The number of ketones is 2. The number of carbonyl (C=O) groups is 4. The van der Waals surface area contributed by atoms with E-state index in [1.807, 2.05) is 0 Å². The normalized spacial score (nSPS) is 32.5. The van der Waals surface area contributed by atoms with Gasteiger partial charge in [-0.15, -0.1) is 0 Å². The smallest absolute Gasteiger partial charge is 0.255 e. The lowest BCUT2D eigenvalue weighted by Gasteiger charge is -2.14. The summed E-state index contributed by atoms with van der Waals surface area (Å²) in [4.78, 5) is 50.3. The molecule has 4 aliphatic rings. The lowest BCUT2D eigenvalue weighted by Crippen LogP contribution is -2.26. The summed E-state index contributed by atoms with van der Waals surface area (Å²) < 4.78 is 0. The fourth-order valence-corrected chi connectivity index (χ4v) is 6.64. The molecule has 0 bridgehead atoms. The van der Waals surface area contributed by atoms with E-state index in [1.54, 1.807) is 38.1 Å². The van der Waals surface area contributed by atoms with Crippen LogP contribution in [0.3, 0.4) is 0 Å². The molecule has 4 unspecified atom stereocenters. The fraction of sp³-hybridized carbons (Fsp3) is 0.500. The molecule has 0 spiro atoms. The number of allylic oxidation sites excluding steroid dienone is 4. The zero-order chi connectivity index (χ0) is 24.7. The zero-order valence-corrected chi connectivity index (χ0v) is 20.7. The summed E-state index contributed by atoms with van der Waals surface area (Å²) in [6, 6.07) is 6.41. The van der Waals surface area contributed by atoms with Gasteiger partial charge in [-0.05, 0) is 72.6 Å². The summed E-state index contributed by atoms with van der Waals surface area (Å²) >= 11 is 0. The molecule has 6 nitrogen and oxygen atoms in total. The molecule has 2 N–H and O–H groups in total. The second-order valence-corrected chi connectivity index (χ2v) is 11.6. The molecule has 0 radical (unpaired) electrons. The number of nitrogens with one attached hydrogen (secondary N) is 2. The third kappa shape index (κ3) is 3.29. The van der Waals surface area contributed by atoms with Gasteiger partial charge >= 0.3 is 0 Å². The van der Waals surface area contributed by atoms with E-state index in [-0.39, 0.29) is 46.0 Å². The fourth-order valence-electron chi connectivity index (χ4n) is 6.64. The first-order valence-corrected chi connectivity index (χ1v) is 12.1. The first-order chi connectivity index (χ1) is 15.9. The van der Waals surface area contributed by atoms with E-state index in [9.17, 15) is 19.2 Å². The van der Waals surface area contributed by atoms with Crippen LogP contribution < -0.4 is 10.6 Å². The van der Waals surface area contributed by atoms with Crippen molar-refractivity contribution in [1.29, 1.82) is 0 Å². The Balaban J connectivity index is 1.26. The zero-order valence-electron chi connectivity index (χ0n) is 20.7. The molecule has 1 aromatic carbocycles. The van der Waals surface area contributed by atoms with Crippen LogP contribution in [-0.2, 0) is 9.59 Å². The van der Waals surface area contributed by atoms with Crippen molar-refractivity contribution in [3.63, 3.8) is 0 Å². The average molecular weight is 461 g/mol. The van der Waals surface area contributed by atoms with Gasteiger partial charge < -0.3 is 10.6 Å². The molecule has 4 fully saturated rings. The van der Waals surface area contributed by atoms with Gasteiger partial charge in [-0.2, -0.15) is 0 Å². The van der Waals surface area contributed by atoms with Crippen LogP contribution in [0.2, 0.25) is 0 Å². The molecule has 4 saturated carbocycles. The van der Waals surface area contributed by atoms with Gasteiger partial charge in [0.1, 0.15) is 0 Å². The van der Waals surface area contributed by atoms with Crippen molar-refractivity contribution in [3.05, 3.63) is 57.9 Å². The Morgan fingerprint density at radius 1 is 0.706 bits per heavy atom. The van der Waals surface area contributed by atoms with Gasteiger partial charge in [0.15, 0.2) is 11.6 Å². The Morgan fingerprint density at radius 2 is 1.03 bits per heavy atom. The lowest BCUT2D eigenvalue weighted by molar-refractivity contribution is -0.116. The van der Waals surface area contributed by atoms with Gasteiger partial charge in [-0.25, -0.2) is 0 Å². The van der Waals surface area contributed by atoms with Crippen LogP contribution >= 0.6 is 0 Å². The van der Waals surface area contributed by atoms with Gasteiger partial charge in [0.2, 0.25) is 0 Å². The summed E-state index contributed by atoms with van der Waals surface area (Å²) in [5.74, 6) is 0.880. The Kier molecular flexibility index (Phi) is 4.84. The van der Waals surface area contributed by atoms with Crippen LogP contribution in [0.15, 0.2) is 46.8 Å². The van der Waals surface area contributed by atoms with Crippen molar-refractivity contribution in [1.82, 2.24) is 10.6 Å². The predicted molar refractivity (Wildman–Crippen MR) is 128 cm³/mol. The number of hydrogen-bond acceptors (Lipinski definition) is 4. The minimum absolute atomic E-state index is 0.122. The SMILES string of the molecule is C/C(NC(=O)c1ccc(C(=O)N/C(C)=C2\C(=O)CC3C2C3(C)C)cc1)=C1/C(=O)CC2C1C2(C)C. The summed E-state index contributed by atoms with van der Waals surface area (Å²) in [5, 5.41) is 5.76. The van der Waals surface area contributed by atoms with Crippen molar-refractivity contribution < 1.29 is 19.2 Å². The van der Waals surface area contributed by atoms with Crippen molar-refractivity contribution >= 4 is 23.4 Å². The Bertz CT molecular complexity index is 1120. The van der Waals surface area contributed by atoms with E-state index in [2.05, 4.69) is 38.3 Å². The molecule has 2 amide bonds. The topological polar surface area (TPSA) is 92.3 Å². The van der Waals surface area contributed by atoms with Gasteiger partial charge in [0, 0.05) is 46.5 Å². The maximum Gasteiger partial charge on any atom is 0.255 e. The maximum absolute atomic E-state index is 12.8. The molecule has 1 aromatic rings. The maximum atomic E-state index is 12.8. The third-order valence-electron chi connectivity index (χ3n) is 8.95. The number of benzene rings is 1. The van der Waals surface area contributed by atoms with E-state index in [1.165, 1.54) is 0 Å².